The third kappa shape index (κ3) is 3.21. The number of carbonyl (C=O) groups is 1. The zero-order valence-electron chi connectivity index (χ0n) is 14.7. The van der Waals surface area contributed by atoms with Crippen LogP contribution in [0.4, 0.5) is 5.69 Å². The Morgan fingerprint density at radius 1 is 0.923 bits per heavy atom. The van der Waals surface area contributed by atoms with Crippen LogP contribution in [0.3, 0.4) is 0 Å². The molecule has 0 saturated carbocycles. The zero-order chi connectivity index (χ0) is 17.9. The van der Waals surface area contributed by atoms with Gasteiger partial charge in [0.2, 0.25) is 0 Å². The van der Waals surface area contributed by atoms with E-state index in [4.69, 9.17) is 0 Å². The van der Waals surface area contributed by atoms with E-state index in [0.29, 0.717) is 17.9 Å². The van der Waals surface area contributed by atoms with E-state index in [1.165, 1.54) is 0 Å². The topological polar surface area (TPSA) is 49.3 Å². The van der Waals surface area contributed by atoms with Crippen LogP contribution in [0, 0.1) is 0 Å². The third-order valence-electron chi connectivity index (χ3n) is 4.60. The average Bonchev–Trinajstić information content (AvgIpc) is 2.86. The second-order valence-corrected chi connectivity index (χ2v) is 6.48. The van der Waals surface area contributed by atoms with Gasteiger partial charge in [0.25, 0.3) is 5.91 Å². The summed E-state index contributed by atoms with van der Waals surface area (Å²) in [6.07, 6.45) is 3.24. The van der Waals surface area contributed by atoms with Crippen molar-refractivity contribution in [1.29, 1.82) is 0 Å². The minimum Gasteiger partial charge on any atom is -0.307 e. The molecule has 26 heavy (non-hydrogen) atoms. The minimum absolute atomic E-state index is 0.0626. The fraction of sp³-hybridized carbons (Fsp3) is 0.190. The number of hydrogen-bond donors (Lipinski definition) is 0. The molecule has 1 amide bonds. The van der Waals surface area contributed by atoms with Crippen molar-refractivity contribution in [1.82, 2.24) is 14.9 Å². The maximum atomic E-state index is 13.1. The van der Waals surface area contributed by atoms with Crippen LogP contribution >= 0.6 is 0 Å². The number of likely N-dealkylation sites (N-methyl/N-ethyl adjacent to an activating group) is 1. The van der Waals surface area contributed by atoms with Crippen molar-refractivity contribution in [3.8, 4) is 11.4 Å². The number of nitrogens with zero attached hydrogens (tertiary/aromatic N) is 4. The van der Waals surface area contributed by atoms with E-state index in [1.807, 2.05) is 53.4 Å². The first-order chi connectivity index (χ1) is 12.7. The number of fused-ring (bicyclic) bond motifs is 1. The van der Waals surface area contributed by atoms with Gasteiger partial charge in [-0.05, 0) is 18.7 Å². The van der Waals surface area contributed by atoms with E-state index in [-0.39, 0.29) is 5.91 Å². The molecular formula is C21H20N4O. The summed E-state index contributed by atoms with van der Waals surface area (Å²) >= 11 is 0. The molecule has 3 aromatic rings. The van der Waals surface area contributed by atoms with E-state index in [2.05, 4.69) is 28.0 Å². The lowest BCUT2D eigenvalue weighted by Gasteiger charge is -2.22. The SMILES string of the molecule is CN1CCN(C(=O)c2cnc(-c3ccccc3)nc2)c2ccccc2C1. The molecular weight excluding hydrogens is 324 g/mol. The summed E-state index contributed by atoms with van der Waals surface area (Å²) in [5.74, 6) is 0.561. The van der Waals surface area contributed by atoms with Crippen molar-refractivity contribution in [3.63, 3.8) is 0 Å². The van der Waals surface area contributed by atoms with E-state index in [9.17, 15) is 4.79 Å². The van der Waals surface area contributed by atoms with Gasteiger partial charge in [-0.2, -0.15) is 0 Å². The van der Waals surface area contributed by atoms with E-state index in [0.717, 1.165) is 29.9 Å². The van der Waals surface area contributed by atoms with Crippen molar-refractivity contribution >= 4 is 11.6 Å². The van der Waals surface area contributed by atoms with Gasteiger partial charge in [-0.1, -0.05) is 48.5 Å². The van der Waals surface area contributed by atoms with Crippen LogP contribution in [-0.4, -0.2) is 40.9 Å². The predicted octanol–water partition coefficient (Wildman–Crippen LogP) is 3.24. The molecule has 0 fully saturated rings. The Labute approximate surface area is 152 Å². The second kappa shape index (κ2) is 7.06. The summed E-state index contributed by atoms with van der Waals surface area (Å²) < 4.78 is 0. The van der Waals surface area contributed by atoms with Gasteiger partial charge in [-0.25, -0.2) is 9.97 Å². The first-order valence-corrected chi connectivity index (χ1v) is 8.68. The normalized spacial score (nSPS) is 14.6. The fourth-order valence-corrected chi connectivity index (χ4v) is 3.21. The molecule has 5 nitrogen and oxygen atoms in total. The lowest BCUT2D eigenvalue weighted by molar-refractivity contribution is 0.0985. The Balaban J connectivity index is 1.63. The highest BCUT2D eigenvalue weighted by Crippen LogP contribution is 2.26. The first kappa shape index (κ1) is 16.4. The maximum absolute atomic E-state index is 13.1. The number of hydrogen-bond acceptors (Lipinski definition) is 4. The number of carbonyl (C=O) groups excluding carboxylic acids is 1. The van der Waals surface area contributed by atoms with Crippen molar-refractivity contribution in [2.45, 2.75) is 6.54 Å². The van der Waals surface area contributed by atoms with Crippen LogP contribution < -0.4 is 4.90 Å². The van der Waals surface area contributed by atoms with Gasteiger partial charge in [0.1, 0.15) is 0 Å². The van der Waals surface area contributed by atoms with Crippen molar-refractivity contribution in [2.24, 2.45) is 0 Å². The van der Waals surface area contributed by atoms with Gasteiger partial charge < -0.3 is 9.80 Å². The van der Waals surface area contributed by atoms with Crippen LogP contribution in [-0.2, 0) is 6.54 Å². The van der Waals surface area contributed by atoms with Crippen molar-refractivity contribution in [2.75, 3.05) is 25.0 Å². The zero-order valence-corrected chi connectivity index (χ0v) is 14.7. The number of anilines is 1. The molecule has 0 aliphatic carbocycles. The van der Waals surface area contributed by atoms with Gasteiger partial charge >= 0.3 is 0 Å². The standard InChI is InChI=1S/C21H20N4O/c1-24-11-12-25(19-10-6-5-9-17(19)15-24)21(26)18-13-22-20(23-14-18)16-7-3-2-4-8-16/h2-10,13-14H,11-12,15H2,1H3. The molecule has 130 valence electrons. The summed E-state index contributed by atoms with van der Waals surface area (Å²) in [5, 5.41) is 0. The molecule has 1 aliphatic rings. The van der Waals surface area contributed by atoms with Gasteiger partial charge in [-0.15, -0.1) is 0 Å². The molecule has 0 spiro atoms. The van der Waals surface area contributed by atoms with E-state index in [1.54, 1.807) is 12.4 Å². The van der Waals surface area contributed by atoms with Crippen molar-refractivity contribution in [3.05, 3.63) is 78.1 Å². The summed E-state index contributed by atoms with van der Waals surface area (Å²) in [7, 11) is 2.07. The highest BCUT2D eigenvalue weighted by Gasteiger charge is 2.24. The van der Waals surface area contributed by atoms with Crippen LogP contribution in [0.2, 0.25) is 0 Å². The molecule has 0 unspecified atom stereocenters. The molecule has 0 saturated heterocycles. The average molecular weight is 344 g/mol. The molecule has 2 aromatic carbocycles. The number of benzene rings is 2. The largest absolute Gasteiger partial charge is 0.307 e. The Bertz CT molecular complexity index is 909. The molecule has 0 N–H and O–H groups in total. The maximum Gasteiger partial charge on any atom is 0.261 e. The monoisotopic (exact) mass is 344 g/mol. The van der Waals surface area contributed by atoms with E-state index < -0.39 is 0 Å². The minimum atomic E-state index is -0.0626. The van der Waals surface area contributed by atoms with Crippen LogP contribution in [0.25, 0.3) is 11.4 Å². The summed E-state index contributed by atoms with van der Waals surface area (Å²) in [6, 6.07) is 17.8. The highest BCUT2D eigenvalue weighted by atomic mass is 16.2. The molecule has 0 atom stereocenters. The van der Waals surface area contributed by atoms with Crippen LogP contribution in [0.5, 0.6) is 0 Å². The van der Waals surface area contributed by atoms with Gasteiger partial charge in [0, 0.05) is 43.3 Å². The van der Waals surface area contributed by atoms with Gasteiger partial charge in [-0.3, -0.25) is 4.79 Å². The van der Waals surface area contributed by atoms with Gasteiger partial charge in [0.15, 0.2) is 5.82 Å². The van der Waals surface area contributed by atoms with Crippen LogP contribution in [0.1, 0.15) is 15.9 Å². The Hall–Kier alpha value is -3.05. The lowest BCUT2D eigenvalue weighted by atomic mass is 10.1. The lowest BCUT2D eigenvalue weighted by Crippen LogP contribution is -2.35. The third-order valence-corrected chi connectivity index (χ3v) is 4.60. The Morgan fingerprint density at radius 2 is 1.62 bits per heavy atom. The highest BCUT2D eigenvalue weighted by molar-refractivity contribution is 6.06. The van der Waals surface area contributed by atoms with Crippen molar-refractivity contribution < 1.29 is 4.79 Å². The second-order valence-electron chi connectivity index (χ2n) is 6.48. The van der Waals surface area contributed by atoms with E-state index >= 15 is 0 Å². The Kier molecular flexibility index (Phi) is 4.46. The number of rotatable bonds is 2. The molecule has 0 bridgehead atoms. The quantitative estimate of drug-likeness (QED) is 0.716. The molecule has 1 aliphatic heterocycles. The summed E-state index contributed by atoms with van der Waals surface area (Å²) in [4.78, 5) is 25.9. The summed E-state index contributed by atoms with van der Waals surface area (Å²) in [6.45, 7) is 2.31. The molecule has 5 heteroatoms. The van der Waals surface area contributed by atoms with Gasteiger partial charge in [0.05, 0.1) is 5.56 Å². The number of aromatic nitrogens is 2. The number of amides is 1. The summed E-state index contributed by atoms with van der Waals surface area (Å²) in [5.41, 5.74) is 3.56. The number of para-hydroxylation sites is 1. The smallest absolute Gasteiger partial charge is 0.261 e. The Morgan fingerprint density at radius 3 is 2.38 bits per heavy atom. The molecule has 4 rings (SSSR count). The predicted molar refractivity (Wildman–Crippen MR) is 102 cm³/mol. The molecule has 1 aromatic heterocycles. The van der Waals surface area contributed by atoms with Crippen LogP contribution in [0.15, 0.2) is 67.0 Å². The first-order valence-electron chi connectivity index (χ1n) is 8.68. The molecule has 2 heterocycles. The molecule has 0 radical (unpaired) electrons. The fourth-order valence-electron chi connectivity index (χ4n) is 3.21.